The lowest BCUT2D eigenvalue weighted by Gasteiger charge is -2.88. The van der Waals surface area contributed by atoms with Crippen LogP contribution in [0.1, 0.15) is 38.5 Å². The molecule has 106 valence electrons. The average molecular weight is 266 g/mol. The summed E-state index contributed by atoms with van der Waals surface area (Å²) in [5, 5.41) is 0. The van der Waals surface area contributed by atoms with Gasteiger partial charge in [-0.25, -0.2) is 0 Å². The summed E-state index contributed by atoms with van der Waals surface area (Å²) in [6.45, 7) is 0. The van der Waals surface area contributed by atoms with E-state index >= 15 is 0 Å². The van der Waals surface area contributed by atoms with Crippen molar-refractivity contribution in [1.29, 1.82) is 0 Å². The third-order valence-corrected chi connectivity index (χ3v) is 11.1. The van der Waals surface area contributed by atoms with Gasteiger partial charge in [-0.05, 0) is 121 Å². The smallest absolute Gasteiger partial charge is 0.0312 e. The molecule has 0 N–H and O–H groups in total. The van der Waals surface area contributed by atoms with E-state index in [1.165, 1.54) is 82.9 Å². The van der Waals surface area contributed by atoms with Crippen LogP contribution in [0, 0.1) is 82.9 Å². The Kier molecular flexibility index (Phi) is 1.32. The molecule has 8 aliphatic carbocycles. The zero-order valence-corrected chi connectivity index (χ0v) is 12.3. The van der Waals surface area contributed by atoms with Crippen molar-refractivity contribution in [2.75, 3.05) is 0 Å². The fraction of sp³-hybridized carbons (Fsp3) is 1.00. The summed E-state index contributed by atoms with van der Waals surface area (Å²) in [4.78, 5) is 0. The largest absolute Gasteiger partial charge is 0.0496 e. The Morgan fingerprint density at radius 3 is 1.10 bits per heavy atom. The van der Waals surface area contributed by atoms with Gasteiger partial charge in [0.25, 0.3) is 0 Å². The van der Waals surface area contributed by atoms with Crippen LogP contribution in [0.5, 0.6) is 0 Å². The summed E-state index contributed by atoms with van der Waals surface area (Å²) >= 11 is 0. The maximum absolute atomic E-state index is 1.71. The SMILES string of the molecule is C1CC2C1C1CC3C(CC21)C1C3C2C3C4CCC4C3C12. The molecule has 0 aromatic rings. The van der Waals surface area contributed by atoms with Gasteiger partial charge >= 0.3 is 0 Å². The summed E-state index contributed by atoms with van der Waals surface area (Å²) < 4.78 is 0. The highest BCUT2D eigenvalue weighted by Gasteiger charge is 2.82. The zero-order valence-electron chi connectivity index (χ0n) is 12.3. The third-order valence-electron chi connectivity index (χ3n) is 11.1. The second-order valence-electron chi connectivity index (χ2n) is 10.4. The summed E-state index contributed by atoms with van der Waals surface area (Å²) in [5.74, 6) is 17.7. The lowest BCUT2D eigenvalue weighted by Crippen LogP contribution is -2.83. The molecule has 0 aliphatic heterocycles. The van der Waals surface area contributed by atoms with Gasteiger partial charge < -0.3 is 0 Å². The molecule has 0 heteroatoms. The minimum atomic E-state index is 1.24. The predicted molar refractivity (Wildman–Crippen MR) is 76.6 cm³/mol. The normalized spacial score (nSPS) is 82.8. The summed E-state index contributed by atoms with van der Waals surface area (Å²) in [6.07, 6.45) is 9.94. The van der Waals surface area contributed by atoms with Gasteiger partial charge in [0.15, 0.2) is 0 Å². The minimum absolute atomic E-state index is 1.24. The lowest BCUT2D eigenvalue weighted by atomic mass is 9.17. The summed E-state index contributed by atoms with van der Waals surface area (Å²) in [6, 6.07) is 0. The van der Waals surface area contributed by atoms with Gasteiger partial charge in [-0.1, -0.05) is 0 Å². The van der Waals surface area contributed by atoms with Crippen molar-refractivity contribution in [1.82, 2.24) is 0 Å². The molecule has 8 saturated carbocycles. The average Bonchev–Trinajstić information content (AvgIpc) is 2.36. The monoisotopic (exact) mass is 266 g/mol. The van der Waals surface area contributed by atoms with E-state index in [2.05, 4.69) is 0 Å². The molecule has 14 atom stereocenters. The molecule has 0 nitrogen and oxygen atoms in total. The van der Waals surface area contributed by atoms with Crippen molar-refractivity contribution in [3.8, 4) is 0 Å². The molecule has 0 bridgehead atoms. The number of hydrogen-bond acceptors (Lipinski definition) is 0. The van der Waals surface area contributed by atoms with Crippen LogP contribution in [0.4, 0.5) is 0 Å². The molecule has 0 amide bonds. The Morgan fingerprint density at radius 2 is 0.700 bits per heavy atom. The molecule has 8 aliphatic rings. The van der Waals surface area contributed by atoms with Crippen LogP contribution < -0.4 is 0 Å². The van der Waals surface area contributed by atoms with E-state index in [1.807, 2.05) is 0 Å². The third kappa shape index (κ3) is 0.703. The maximum atomic E-state index is 1.71. The van der Waals surface area contributed by atoms with E-state index in [9.17, 15) is 0 Å². The fourth-order valence-corrected chi connectivity index (χ4v) is 10.4. The highest BCUT2D eigenvalue weighted by atomic mass is 14.9. The topological polar surface area (TPSA) is 0 Å². The Balaban J connectivity index is 1.11. The Morgan fingerprint density at radius 1 is 0.300 bits per heavy atom. The first-order chi connectivity index (χ1) is 9.93. The molecule has 8 rings (SSSR count). The molecule has 0 radical (unpaired) electrons. The van der Waals surface area contributed by atoms with Gasteiger partial charge in [-0.2, -0.15) is 0 Å². The van der Waals surface area contributed by atoms with Crippen molar-refractivity contribution in [3.05, 3.63) is 0 Å². The molecule has 0 saturated heterocycles. The van der Waals surface area contributed by atoms with Crippen LogP contribution in [0.15, 0.2) is 0 Å². The van der Waals surface area contributed by atoms with Crippen LogP contribution in [0.25, 0.3) is 0 Å². The van der Waals surface area contributed by atoms with E-state index in [0.717, 1.165) is 0 Å². The van der Waals surface area contributed by atoms with Crippen molar-refractivity contribution in [2.24, 2.45) is 82.9 Å². The number of rotatable bonds is 0. The molecular weight excluding hydrogens is 240 g/mol. The van der Waals surface area contributed by atoms with E-state index in [1.54, 1.807) is 38.5 Å². The van der Waals surface area contributed by atoms with Gasteiger partial charge in [0.05, 0.1) is 0 Å². The van der Waals surface area contributed by atoms with Crippen LogP contribution in [0.3, 0.4) is 0 Å². The highest BCUT2D eigenvalue weighted by Crippen LogP contribution is 2.87. The predicted octanol–water partition coefficient (Wildman–Crippen LogP) is 4.06. The lowest BCUT2D eigenvalue weighted by molar-refractivity contribution is -0.406. The second kappa shape index (κ2) is 2.67. The molecule has 0 aromatic heterocycles. The maximum Gasteiger partial charge on any atom is -0.0312 e. The van der Waals surface area contributed by atoms with Gasteiger partial charge in [-0.3, -0.25) is 0 Å². The first kappa shape index (κ1) is 9.90. The number of hydrogen-bond donors (Lipinski definition) is 0. The standard InChI is InChI=1S/C20H26/c1-2-8-7(1)11-5-13-14(6-12(8)11)18-17(13)19-15-9-3-4-10(9)16(15)20(18)19/h7-20H,1-6H2. The van der Waals surface area contributed by atoms with Crippen molar-refractivity contribution in [2.45, 2.75) is 38.5 Å². The van der Waals surface area contributed by atoms with Crippen molar-refractivity contribution in [3.63, 3.8) is 0 Å². The molecule has 0 aromatic carbocycles. The zero-order chi connectivity index (χ0) is 12.3. The quantitative estimate of drug-likeness (QED) is 0.580. The van der Waals surface area contributed by atoms with E-state index < -0.39 is 0 Å². The molecule has 8 fully saturated rings. The molecule has 20 heavy (non-hydrogen) atoms. The summed E-state index contributed by atoms with van der Waals surface area (Å²) in [7, 11) is 0. The first-order valence-electron chi connectivity index (χ1n) is 9.93. The first-order valence-corrected chi connectivity index (χ1v) is 9.93. The molecule has 0 heterocycles. The van der Waals surface area contributed by atoms with Gasteiger partial charge in [0, 0.05) is 0 Å². The van der Waals surface area contributed by atoms with E-state index in [0.29, 0.717) is 0 Å². The van der Waals surface area contributed by atoms with Crippen molar-refractivity contribution < 1.29 is 0 Å². The van der Waals surface area contributed by atoms with Crippen LogP contribution >= 0.6 is 0 Å². The Labute approximate surface area is 122 Å². The molecule has 0 spiro atoms. The second-order valence-corrected chi connectivity index (χ2v) is 10.4. The van der Waals surface area contributed by atoms with Crippen LogP contribution in [-0.4, -0.2) is 0 Å². The van der Waals surface area contributed by atoms with E-state index in [-0.39, 0.29) is 0 Å². The van der Waals surface area contributed by atoms with E-state index in [4.69, 9.17) is 0 Å². The van der Waals surface area contributed by atoms with Crippen LogP contribution in [0.2, 0.25) is 0 Å². The summed E-state index contributed by atoms with van der Waals surface area (Å²) in [5.41, 5.74) is 0. The van der Waals surface area contributed by atoms with Gasteiger partial charge in [-0.15, -0.1) is 0 Å². The Bertz CT molecular complexity index is 456. The van der Waals surface area contributed by atoms with Crippen molar-refractivity contribution >= 4 is 0 Å². The number of fused-ring (bicyclic) bond motifs is 17. The fourth-order valence-electron chi connectivity index (χ4n) is 10.4. The van der Waals surface area contributed by atoms with Gasteiger partial charge in [0.1, 0.15) is 0 Å². The molecule has 14 unspecified atom stereocenters. The van der Waals surface area contributed by atoms with Gasteiger partial charge in [0.2, 0.25) is 0 Å². The highest BCUT2D eigenvalue weighted by molar-refractivity contribution is 5.30. The minimum Gasteiger partial charge on any atom is -0.0496 e. The Hall–Kier alpha value is 0. The van der Waals surface area contributed by atoms with Crippen LogP contribution in [-0.2, 0) is 0 Å². The molecular formula is C20H26.